The van der Waals surface area contributed by atoms with Crippen LogP contribution in [0, 0.1) is 18.3 Å². The van der Waals surface area contributed by atoms with Gasteiger partial charge in [-0.3, -0.25) is 0 Å². The summed E-state index contributed by atoms with van der Waals surface area (Å²) in [7, 11) is 1.93. The van der Waals surface area contributed by atoms with Crippen molar-refractivity contribution in [3.63, 3.8) is 0 Å². The molecule has 0 aliphatic heterocycles. The molecule has 0 aliphatic carbocycles. The third-order valence-corrected chi connectivity index (χ3v) is 2.68. The number of anilines is 1. The van der Waals surface area contributed by atoms with Gasteiger partial charge in [-0.1, -0.05) is 0 Å². The third kappa shape index (κ3) is 2.28. The highest BCUT2D eigenvalue weighted by atomic mass is 16.3. The van der Waals surface area contributed by atoms with Crippen molar-refractivity contribution >= 4 is 5.69 Å². The average molecular weight is 227 g/mol. The normalized spacial score (nSPS) is 9.94. The second-order valence-electron chi connectivity index (χ2n) is 3.84. The van der Waals surface area contributed by atoms with Crippen molar-refractivity contribution in [2.75, 3.05) is 11.9 Å². The monoisotopic (exact) mass is 227 g/mol. The lowest BCUT2D eigenvalue weighted by Crippen LogP contribution is -2.18. The molecule has 0 radical (unpaired) electrons. The van der Waals surface area contributed by atoms with Crippen molar-refractivity contribution in [3.8, 4) is 6.07 Å². The van der Waals surface area contributed by atoms with Gasteiger partial charge < -0.3 is 9.32 Å². The summed E-state index contributed by atoms with van der Waals surface area (Å²) in [6.45, 7) is 2.63. The van der Waals surface area contributed by atoms with Crippen molar-refractivity contribution in [2.24, 2.45) is 0 Å². The first-order valence-electron chi connectivity index (χ1n) is 5.31. The van der Waals surface area contributed by atoms with Gasteiger partial charge in [-0.2, -0.15) is 5.26 Å². The van der Waals surface area contributed by atoms with E-state index in [-0.39, 0.29) is 0 Å². The third-order valence-electron chi connectivity index (χ3n) is 2.68. The Balaban J connectivity index is 2.24. The number of hydrogen-bond donors (Lipinski definition) is 0. The molecule has 0 amide bonds. The van der Waals surface area contributed by atoms with Crippen LogP contribution in [0.4, 0.5) is 5.69 Å². The Hall–Kier alpha value is -2.28. The molecule has 4 heteroatoms. The fourth-order valence-corrected chi connectivity index (χ4v) is 1.71. The van der Waals surface area contributed by atoms with Gasteiger partial charge in [0.1, 0.15) is 11.8 Å². The fraction of sp³-hybridized carbons (Fsp3) is 0.231. The van der Waals surface area contributed by atoms with E-state index in [1.807, 2.05) is 37.1 Å². The number of furan rings is 1. The number of nitriles is 1. The van der Waals surface area contributed by atoms with Crippen LogP contribution < -0.4 is 4.90 Å². The predicted molar refractivity (Wildman–Crippen MR) is 64.5 cm³/mol. The number of nitrogens with zero attached hydrogens (tertiary/aromatic N) is 3. The minimum Gasteiger partial charge on any atom is -0.469 e. The quantitative estimate of drug-likeness (QED) is 0.808. The largest absolute Gasteiger partial charge is 0.469 e. The van der Waals surface area contributed by atoms with E-state index in [9.17, 15) is 0 Å². The Kier molecular flexibility index (Phi) is 3.10. The lowest BCUT2D eigenvalue weighted by atomic mass is 10.2. The minimum absolute atomic E-state index is 0.441. The van der Waals surface area contributed by atoms with E-state index in [0.29, 0.717) is 12.2 Å². The first-order chi connectivity index (χ1) is 8.22. The molecule has 0 fully saturated rings. The van der Waals surface area contributed by atoms with Crippen LogP contribution in [-0.2, 0) is 6.54 Å². The van der Waals surface area contributed by atoms with Crippen molar-refractivity contribution in [1.82, 2.24) is 4.98 Å². The molecule has 0 saturated carbocycles. The van der Waals surface area contributed by atoms with Crippen molar-refractivity contribution < 1.29 is 4.42 Å². The van der Waals surface area contributed by atoms with Crippen LogP contribution >= 0.6 is 0 Å². The summed E-state index contributed by atoms with van der Waals surface area (Å²) in [5, 5.41) is 8.99. The smallest absolute Gasteiger partial charge is 0.163 e. The first-order valence-corrected chi connectivity index (χ1v) is 5.31. The van der Waals surface area contributed by atoms with E-state index >= 15 is 0 Å². The summed E-state index contributed by atoms with van der Waals surface area (Å²) in [6.07, 6.45) is 3.30. The molecule has 0 saturated heterocycles. The highest BCUT2D eigenvalue weighted by Gasteiger charge is 2.10. The summed E-state index contributed by atoms with van der Waals surface area (Å²) < 4.78 is 5.25. The standard InChI is InChI=1S/C13H13N3O/c1-10-11(5-7-17-10)9-16(2)13-4-3-6-15-12(13)8-14/h3-7H,9H2,1-2H3. The molecule has 17 heavy (non-hydrogen) atoms. The van der Waals surface area contributed by atoms with Crippen LogP contribution in [0.2, 0.25) is 0 Å². The van der Waals surface area contributed by atoms with Crippen molar-refractivity contribution in [1.29, 1.82) is 5.26 Å². The molecule has 0 aromatic carbocycles. The highest BCUT2D eigenvalue weighted by molar-refractivity contribution is 5.55. The van der Waals surface area contributed by atoms with Gasteiger partial charge in [0, 0.05) is 25.4 Å². The SMILES string of the molecule is Cc1occc1CN(C)c1cccnc1C#N. The molecule has 86 valence electrons. The molecule has 0 unspecified atom stereocenters. The van der Waals surface area contributed by atoms with Crippen LogP contribution in [0.3, 0.4) is 0 Å². The molecule has 2 rings (SSSR count). The maximum absolute atomic E-state index is 8.99. The van der Waals surface area contributed by atoms with Crippen LogP contribution in [0.5, 0.6) is 0 Å². The second kappa shape index (κ2) is 4.71. The summed E-state index contributed by atoms with van der Waals surface area (Å²) in [4.78, 5) is 6.03. The van der Waals surface area contributed by atoms with Gasteiger partial charge in [-0.15, -0.1) is 0 Å². The van der Waals surface area contributed by atoms with Gasteiger partial charge in [-0.05, 0) is 25.1 Å². The van der Waals surface area contributed by atoms with E-state index in [4.69, 9.17) is 9.68 Å². The molecule has 0 aliphatic rings. The van der Waals surface area contributed by atoms with Gasteiger partial charge in [0.05, 0.1) is 12.0 Å². The molecule has 2 aromatic rings. The molecule has 0 spiro atoms. The molecule has 0 bridgehead atoms. The Labute approximate surface area is 100 Å². The Morgan fingerprint density at radius 2 is 2.29 bits per heavy atom. The maximum Gasteiger partial charge on any atom is 0.163 e. The van der Waals surface area contributed by atoms with Crippen LogP contribution in [0.1, 0.15) is 17.0 Å². The zero-order valence-electron chi connectivity index (χ0n) is 9.84. The fourth-order valence-electron chi connectivity index (χ4n) is 1.71. The number of pyridine rings is 1. The number of aromatic nitrogens is 1. The zero-order valence-corrected chi connectivity index (χ0v) is 9.84. The van der Waals surface area contributed by atoms with Crippen LogP contribution in [-0.4, -0.2) is 12.0 Å². The molecular formula is C13H13N3O. The van der Waals surface area contributed by atoms with E-state index in [2.05, 4.69) is 11.1 Å². The van der Waals surface area contributed by atoms with E-state index in [0.717, 1.165) is 17.0 Å². The minimum atomic E-state index is 0.441. The van der Waals surface area contributed by atoms with Gasteiger partial charge in [0.2, 0.25) is 0 Å². The van der Waals surface area contributed by atoms with E-state index in [1.54, 1.807) is 12.5 Å². The van der Waals surface area contributed by atoms with Gasteiger partial charge in [0.25, 0.3) is 0 Å². The Morgan fingerprint density at radius 3 is 2.94 bits per heavy atom. The van der Waals surface area contributed by atoms with Gasteiger partial charge in [-0.25, -0.2) is 4.98 Å². The molecule has 4 nitrogen and oxygen atoms in total. The topological polar surface area (TPSA) is 53.1 Å². The molecule has 2 aromatic heterocycles. The first kappa shape index (κ1) is 11.2. The lowest BCUT2D eigenvalue weighted by molar-refractivity contribution is 0.529. The number of aryl methyl sites for hydroxylation is 1. The average Bonchev–Trinajstić information content (AvgIpc) is 2.75. The number of hydrogen-bond acceptors (Lipinski definition) is 4. The molecule has 2 heterocycles. The zero-order chi connectivity index (χ0) is 12.3. The summed E-state index contributed by atoms with van der Waals surface area (Å²) in [5.41, 5.74) is 2.38. The Bertz CT molecular complexity index is 554. The Morgan fingerprint density at radius 1 is 1.47 bits per heavy atom. The van der Waals surface area contributed by atoms with Crippen LogP contribution in [0.15, 0.2) is 35.1 Å². The van der Waals surface area contributed by atoms with Crippen molar-refractivity contribution in [2.45, 2.75) is 13.5 Å². The van der Waals surface area contributed by atoms with Gasteiger partial charge in [0.15, 0.2) is 5.69 Å². The predicted octanol–water partition coefficient (Wildman–Crippen LogP) is 2.49. The molecular weight excluding hydrogens is 214 g/mol. The van der Waals surface area contributed by atoms with E-state index in [1.165, 1.54) is 0 Å². The lowest BCUT2D eigenvalue weighted by Gasteiger charge is -2.19. The summed E-state index contributed by atoms with van der Waals surface area (Å²) in [5.74, 6) is 0.902. The van der Waals surface area contributed by atoms with Crippen molar-refractivity contribution in [3.05, 3.63) is 47.7 Å². The number of rotatable bonds is 3. The van der Waals surface area contributed by atoms with Crippen LogP contribution in [0.25, 0.3) is 0 Å². The van der Waals surface area contributed by atoms with Gasteiger partial charge >= 0.3 is 0 Å². The molecule has 0 atom stereocenters. The maximum atomic E-state index is 8.99. The van der Waals surface area contributed by atoms with E-state index < -0.39 is 0 Å². The second-order valence-corrected chi connectivity index (χ2v) is 3.84. The highest BCUT2D eigenvalue weighted by Crippen LogP contribution is 2.19. The molecule has 0 N–H and O–H groups in total. The summed E-state index contributed by atoms with van der Waals surface area (Å²) in [6, 6.07) is 7.75. The summed E-state index contributed by atoms with van der Waals surface area (Å²) >= 11 is 0.